The first-order valence-electron chi connectivity index (χ1n) is 9.10. The Hall–Kier alpha value is -2.37. The fraction of sp³-hybridized carbons (Fsp3) is 0.471. The molecule has 10 nitrogen and oxygen atoms in total. The number of halogens is 1. The van der Waals surface area contributed by atoms with Gasteiger partial charge in [-0.25, -0.2) is 23.3 Å². The summed E-state index contributed by atoms with van der Waals surface area (Å²) in [6.07, 6.45) is 1.83. The highest BCUT2D eigenvalue weighted by molar-refractivity contribution is 7.89. The molecule has 1 amide bonds. The van der Waals surface area contributed by atoms with E-state index >= 15 is 0 Å². The van der Waals surface area contributed by atoms with Crippen LogP contribution in [0.4, 0.5) is 16.4 Å². The fourth-order valence-corrected chi connectivity index (χ4v) is 4.21. The highest BCUT2D eigenvalue weighted by Gasteiger charge is 2.30. The number of primary sulfonamides is 1. The molecule has 1 saturated carbocycles. The monoisotopic (exact) mass is 442 g/mol. The molecular formula is C17H23ClN6O4S. The number of carbonyl (C=O) groups is 1. The number of hydrogen-bond donors (Lipinski definition) is 4. The van der Waals surface area contributed by atoms with Gasteiger partial charge < -0.3 is 15.4 Å². The van der Waals surface area contributed by atoms with Crippen molar-refractivity contribution in [3.63, 3.8) is 0 Å². The maximum Gasteiger partial charge on any atom is 0.407 e. The molecule has 0 bridgehead atoms. The summed E-state index contributed by atoms with van der Waals surface area (Å²) in [4.78, 5) is 15.5. The molecule has 0 radical (unpaired) electrons. The van der Waals surface area contributed by atoms with E-state index in [-0.39, 0.29) is 28.1 Å². The Morgan fingerprint density at radius 2 is 2.10 bits per heavy atom. The summed E-state index contributed by atoms with van der Waals surface area (Å²) >= 11 is 5.89. The van der Waals surface area contributed by atoms with Gasteiger partial charge in [0.1, 0.15) is 16.8 Å². The fourth-order valence-electron chi connectivity index (χ4n) is 3.20. The molecule has 2 heterocycles. The minimum atomic E-state index is -3.94. The summed E-state index contributed by atoms with van der Waals surface area (Å²) in [5.41, 5.74) is 0.912. The molecule has 1 aliphatic carbocycles. The number of nitrogens with zero attached hydrogens (tertiary/aromatic N) is 2. The summed E-state index contributed by atoms with van der Waals surface area (Å²) in [6, 6.07) is 4.60. The third kappa shape index (κ3) is 5.58. The number of aromatic amines is 1. The minimum absolute atomic E-state index is 0.0297. The third-order valence-electron chi connectivity index (χ3n) is 4.48. The number of anilines is 2. The van der Waals surface area contributed by atoms with Gasteiger partial charge in [-0.15, -0.1) is 0 Å². The number of nitrogens with two attached hydrogens (primary N) is 1. The van der Waals surface area contributed by atoms with Crippen molar-refractivity contribution in [2.24, 2.45) is 5.14 Å². The predicted octanol–water partition coefficient (Wildman–Crippen LogP) is 2.62. The first-order chi connectivity index (χ1) is 13.6. The Labute approximate surface area is 173 Å². The zero-order chi connectivity index (χ0) is 21.2. The molecule has 2 aromatic rings. The first-order valence-corrected chi connectivity index (χ1v) is 11.0. The minimum Gasteiger partial charge on any atom is -0.446 e. The second-order valence-electron chi connectivity index (χ2n) is 7.20. The Morgan fingerprint density at radius 3 is 2.76 bits per heavy atom. The average Bonchev–Trinajstić information content (AvgIpc) is 3.22. The molecule has 0 aromatic carbocycles. The van der Waals surface area contributed by atoms with Gasteiger partial charge >= 0.3 is 6.09 Å². The summed E-state index contributed by atoms with van der Waals surface area (Å²) in [6.45, 7) is 3.75. The summed E-state index contributed by atoms with van der Waals surface area (Å²) in [5.74, 6) is 1.03. The summed E-state index contributed by atoms with van der Waals surface area (Å²) in [7, 11) is -3.94. The van der Waals surface area contributed by atoms with Crippen molar-refractivity contribution in [2.45, 2.75) is 56.1 Å². The molecule has 29 heavy (non-hydrogen) atoms. The molecule has 12 heteroatoms. The van der Waals surface area contributed by atoms with Gasteiger partial charge in [-0.1, -0.05) is 11.6 Å². The second kappa shape index (κ2) is 8.56. The Morgan fingerprint density at radius 1 is 1.34 bits per heavy atom. The number of sulfonamides is 1. The lowest BCUT2D eigenvalue weighted by Crippen LogP contribution is -2.33. The van der Waals surface area contributed by atoms with Crippen molar-refractivity contribution in [3.05, 3.63) is 29.0 Å². The number of aromatic nitrogens is 3. The van der Waals surface area contributed by atoms with Crippen LogP contribution in [0.25, 0.3) is 0 Å². The molecule has 1 fully saturated rings. The first kappa shape index (κ1) is 21.3. The number of carbonyl (C=O) groups excluding carboxylic acids is 1. The van der Waals surface area contributed by atoms with E-state index < -0.39 is 16.1 Å². The molecule has 0 spiro atoms. The molecular weight excluding hydrogens is 420 g/mol. The van der Waals surface area contributed by atoms with Gasteiger partial charge in [-0.2, -0.15) is 5.10 Å². The molecule has 3 rings (SSSR count). The lowest BCUT2D eigenvalue weighted by molar-refractivity contribution is 0.0981. The standard InChI is InChI=1S/C17H23ClN6O4S/c1-9(2)20-17(25)28-11-4-3-10(7-11)12-8-15(24-23-12)21-14-6-5-13(16(18)22-14)29(19,26)27/h5-6,8-11H,3-4,7H2,1-2H3,(H,20,25)(H2,19,26,27)(H2,21,22,23,24)/t10-,11+/m0/s1. The zero-order valence-electron chi connectivity index (χ0n) is 16.0. The maximum absolute atomic E-state index is 11.7. The van der Waals surface area contributed by atoms with E-state index in [1.165, 1.54) is 12.1 Å². The lowest BCUT2D eigenvalue weighted by Gasteiger charge is -2.14. The van der Waals surface area contributed by atoms with Gasteiger partial charge in [0.15, 0.2) is 11.0 Å². The van der Waals surface area contributed by atoms with Crippen LogP contribution in [-0.4, -0.2) is 41.8 Å². The smallest absolute Gasteiger partial charge is 0.407 e. The number of hydrogen-bond acceptors (Lipinski definition) is 7. The predicted molar refractivity (Wildman–Crippen MR) is 108 cm³/mol. The Bertz CT molecular complexity index is 994. The van der Waals surface area contributed by atoms with E-state index in [0.29, 0.717) is 18.1 Å². The SMILES string of the molecule is CC(C)NC(=O)O[C@@H]1CC[C@H](c2cc(Nc3ccc(S(N)(=O)=O)c(Cl)n3)n[nH]2)C1. The number of pyridine rings is 1. The molecule has 2 aromatic heterocycles. The van der Waals surface area contributed by atoms with Gasteiger partial charge in [0.25, 0.3) is 0 Å². The summed E-state index contributed by atoms with van der Waals surface area (Å²) in [5, 5.41) is 17.7. The molecule has 5 N–H and O–H groups in total. The highest BCUT2D eigenvalue weighted by Crippen LogP contribution is 2.36. The van der Waals surface area contributed by atoms with Crippen molar-refractivity contribution >= 4 is 39.4 Å². The van der Waals surface area contributed by atoms with E-state index in [9.17, 15) is 13.2 Å². The third-order valence-corrected chi connectivity index (χ3v) is 5.82. The highest BCUT2D eigenvalue weighted by atomic mass is 35.5. The number of H-pyrrole nitrogens is 1. The summed E-state index contributed by atoms with van der Waals surface area (Å²) < 4.78 is 28.2. The quantitative estimate of drug-likeness (QED) is 0.501. The van der Waals surface area contributed by atoms with Crippen LogP contribution in [0.5, 0.6) is 0 Å². The van der Waals surface area contributed by atoms with Crippen LogP contribution < -0.4 is 15.8 Å². The second-order valence-corrected chi connectivity index (χ2v) is 9.09. The number of ether oxygens (including phenoxy) is 1. The van der Waals surface area contributed by atoms with Crippen LogP contribution in [0.2, 0.25) is 5.15 Å². The molecule has 0 saturated heterocycles. The zero-order valence-corrected chi connectivity index (χ0v) is 17.5. The van der Waals surface area contributed by atoms with Gasteiger partial charge in [0.2, 0.25) is 10.0 Å². The van der Waals surface area contributed by atoms with Crippen molar-refractivity contribution in [1.82, 2.24) is 20.5 Å². The number of rotatable bonds is 6. The molecule has 1 aliphatic rings. The molecule has 0 unspecified atom stereocenters. The van der Waals surface area contributed by atoms with Crippen molar-refractivity contribution in [3.8, 4) is 0 Å². The van der Waals surface area contributed by atoms with Gasteiger partial charge in [-0.3, -0.25) is 5.10 Å². The normalized spacial score (nSPS) is 19.3. The van der Waals surface area contributed by atoms with Gasteiger partial charge in [0.05, 0.1) is 0 Å². The molecule has 2 atom stereocenters. The largest absolute Gasteiger partial charge is 0.446 e. The van der Waals surface area contributed by atoms with Crippen molar-refractivity contribution in [2.75, 3.05) is 5.32 Å². The average molecular weight is 443 g/mol. The Kier molecular flexibility index (Phi) is 6.30. The van der Waals surface area contributed by atoms with Crippen LogP contribution in [0, 0.1) is 0 Å². The maximum atomic E-state index is 11.7. The molecule has 158 valence electrons. The topological polar surface area (TPSA) is 152 Å². The van der Waals surface area contributed by atoms with Crippen molar-refractivity contribution < 1.29 is 17.9 Å². The number of alkyl carbamates (subject to hydrolysis) is 1. The van der Waals surface area contributed by atoms with E-state index in [1.807, 2.05) is 19.9 Å². The van der Waals surface area contributed by atoms with E-state index in [1.54, 1.807) is 0 Å². The Balaban J connectivity index is 1.60. The van der Waals surface area contributed by atoms with E-state index in [4.69, 9.17) is 21.5 Å². The lowest BCUT2D eigenvalue weighted by atomic mass is 10.0. The van der Waals surface area contributed by atoms with Gasteiger partial charge in [0, 0.05) is 23.7 Å². The van der Waals surface area contributed by atoms with E-state index in [2.05, 4.69) is 25.8 Å². The van der Waals surface area contributed by atoms with Crippen LogP contribution >= 0.6 is 11.6 Å². The number of nitrogens with one attached hydrogen (secondary N) is 3. The van der Waals surface area contributed by atoms with Crippen LogP contribution in [-0.2, 0) is 14.8 Å². The van der Waals surface area contributed by atoms with Crippen LogP contribution in [0.15, 0.2) is 23.1 Å². The number of amides is 1. The van der Waals surface area contributed by atoms with E-state index in [0.717, 1.165) is 18.5 Å². The van der Waals surface area contributed by atoms with Crippen LogP contribution in [0.3, 0.4) is 0 Å². The molecule has 0 aliphatic heterocycles. The van der Waals surface area contributed by atoms with Crippen molar-refractivity contribution in [1.29, 1.82) is 0 Å². The van der Waals surface area contributed by atoms with Crippen LogP contribution in [0.1, 0.15) is 44.7 Å². The van der Waals surface area contributed by atoms with Gasteiger partial charge in [-0.05, 0) is 45.2 Å².